The molecular weight excluding hydrogens is 402 g/mol. The summed E-state index contributed by atoms with van der Waals surface area (Å²) in [6.45, 7) is 3.12. The van der Waals surface area contributed by atoms with Crippen LogP contribution in [0.2, 0.25) is 0 Å². The number of likely N-dealkylation sites (tertiary alicyclic amines) is 1. The molecule has 0 saturated carbocycles. The van der Waals surface area contributed by atoms with E-state index in [9.17, 15) is 9.59 Å². The van der Waals surface area contributed by atoms with Crippen LogP contribution in [0.1, 0.15) is 33.9 Å². The first-order chi connectivity index (χ1) is 12.1. The topological polar surface area (TPSA) is 62.3 Å². The lowest BCUT2D eigenvalue weighted by molar-refractivity contribution is -0.124. The lowest BCUT2D eigenvalue weighted by Gasteiger charge is -2.24. The molecule has 0 aliphatic carbocycles. The van der Waals surface area contributed by atoms with Crippen LogP contribution < -0.4 is 5.32 Å². The summed E-state index contributed by atoms with van der Waals surface area (Å²) in [6, 6.07) is 6.93. The Labute approximate surface area is 159 Å². The summed E-state index contributed by atoms with van der Waals surface area (Å²) in [6.07, 6.45) is 2.26. The molecule has 0 bridgehead atoms. The molecule has 7 heteroatoms. The van der Waals surface area contributed by atoms with Gasteiger partial charge in [0.15, 0.2) is 0 Å². The van der Waals surface area contributed by atoms with Crippen LogP contribution in [0, 0.1) is 6.92 Å². The van der Waals surface area contributed by atoms with Gasteiger partial charge in [-0.1, -0.05) is 12.1 Å². The molecule has 1 saturated heterocycles. The lowest BCUT2D eigenvalue weighted by atomic mass is 10.1. The largest absolute Gasteiger partial charge is 0.354 e. The number of hydrogen-bond acceptors (Lipinski definition) is 4. The summed E-state index contributed by atoms with van der Waals surface area (Å²) in [7, 11) is 0. The van der Waals surface area contributed by atoms with Gasteiger partial charge in [-0.25, -0.2) is 4.98 Å². The molecule has 1 aromatic heterocycles. The first-order valence-corrected chi connectivity index (χ1v) is 9.98. The number of hydrogen-bond donors (Lipinski definition) is 1. The predicted molar refractivity (Wildman–Crippen MR) is 102 cm³/mol. The van der Waals surface area contributed by atoms with E-state index in [0.717, 1.165) is 21.6 Å². The molecule has 0 spiro atoms. The molecule has 2 amide bonds. The predicted octanol–water partition coefficient (Wildman–Crippen LogP) is 3.18. The van der Waals surface area contributed by atoms with Gasteiger partial charge in [0.05, 0.1) is 16.3 Å². The zero-order valence-electron chi connectivity index (χ0n) is 14.0. The normalized spacial score (nSPS) is 16.9. The monoisotopic (exact) mass is 421 g/mol. The van der Waals surface area contributed by atoms with Gasteiger partial charge in [-0.3, -0.25) is 9.59 Å². The minimum Gasteiger partial charge on any atom is -0.354 e. The third kappa shape index (κ3) is 4.27. The molecule has 0 unspecified atom stereocenters. The van der Waals surface area contributed by atoms with Crippen LogP contribution in [0.5, 0.6) is 0 Å². The molecular formula is C18H20BrN3O2S. The fourth-order valence-corrected chi connectivity index (χ4v) is 4.13. The van der Waals surface area contributed by atoms with E-state index in [4.69, 9.17) is 0 Å². The maximum atomic E-state index is 12.8. The molecule has 1 aromatic carbocycles. The second-order valence-electron chi connectivity index (χ2n) is 6.04. The van der Waals surface area contributed by atoms with Gasteiger partial charge in [-0.2, -0.15) is 0 Å². The van der Waals surface area contributed by atoms with Crippen LogP contribution >= 0.6 is 27.3 Å². The lowest BCUT2D eigenvalue weighted by Crippen LogP contribution is -2.46. The number of carbonyl (C=O) groups excluding carboxylic acids is 2. The molecule has 2 aromatic rings. The van der Waals surface area contributed by atoms with E-state index in [1.165, 1.54) is 0 Å². The van der Waals surface area contributed by atoms with Gasteiger partial charge in [0.25, 0.3) is 5.91 Å². The fraction of sp³-hybridized carbons (Fsp3) is 0.389. The Balaban J connectivity index is 1.59. The van der Waals surface area contributed by atoms with Crippen molar-refractivity contribution in [2.24, 2.45) is 0 Å². The summed E-state index contributed by atoms with van der Waals surface area (Å²) in [5, 5.41) is 6.00. The van der Waals surface area contributed by atoms with E-state index < -0.39 is 6.04 Å². The molecule has 0 radical (unpaired) electrons. The van der Waals surface area contributed by atoms with Crippen molar-refractivity contribution < 1.29 is 9.59 Å². The Morgan fingerprint density at radius 2 is 2.20 bits per heavy atom. The molecule has 1 aliphatic heterocycles. The smallest absolute Gasteiger partial charge is 0.255 e. The number of thiazole rings is 1. The molecule has 1 fully saturated rings. The van der Waals surface area contributed by atoms with Gasteiger partial charge < -0.3 is 10.2 Å². The quantitative estimate of drug-likeness (QED) is 0.805. The maximum Gasteiger partial charge on any atom is 0.255 e. The third-order valence-electron chi connectivity index (χ3n) is 4.27. The number of amides is 2. The molecule has 25 heavy (non-hydrogen) atoms. The number of aryl methyl sites for hydroxylation is 1. The summed E-state index contributed by atoms with van der Waals surface area (Å²) in [4.78, 5) is 31.4. The van der Waals surface area contributed by atoms with Crippen molar-refractivity contribution in [3.63, 3.8) is 0 Å². The van der Waals surface area contributed by atoms with Gasteiger partial charge >= 0.3 is 0 Å². The van der Waals surface area contributed by atoms with Gasteiger partial charge in [0.1, 0.15) is 6.04 Å². The second-order valence-corrected chi connectivity index (χ2v) is 7.95. The number of benzene rings is 1. The highest BCUT2D eigenvalue weighted by Gasteiger charge is 2.34. The minimum absolute atomic E-state index is 0.0788. The zero-order chi connectivity index (χ0) is 17.8. The Morgan fingerprint density at radius 3 is 2.92 bits per heavy atom. The van der Waals surface area contributed by atoms with Gasteiger partial charge in [0, 0.05) is 29.4 Å². The van der Waals surface area contributed by atoms with E-state index in [2.05, 4.69) is 26.2 Å². The number of carbonyl (C=O) groups is 2. The van der Waals surface area contributed by atoms with Crippen molar-refractivity contribution in [2.45, 2.75) is 32.2 Å². The van der Waals surface area contributed by atoms with E-state index in [1.807, 2.05) is 30.5 Å². The molecule has 1 N–H and O–H groups in total. The minimum atomic E-state index is -0.392. The SMILES string of the molecule is Cc1nc(CCNC(=O)[C@H]2CCCN2C(=O)c2ccccc2Br)cs1. The molecule has 1 aliphatic rings. The molecule has 1 atom stereocenters. The van der Waals surface area contributed by atoms with Crippen molar-refractivity contribution in [1.29, 1.82) is 0 Å². The Morgan fingerprint density at radius 1 is 1.40 bits per heavy atom. The molecule has 5 nitrogen and oxygen atoms in total. The van der Waals surface area contributed by atoms with Crippen LogP contribution in [0.25, 0.3) is 0 Å². The number of aromatic nitrogens is 1. The van der Waals surface area contributed by atoms with Gasteiger partial charge in [-0.15, -0.1) is 11.3 Å². The first kappa shape index (κ1) is 18.1. The Bertz CT molecular complexity index is 777. The number of halogens is 1. The second kappa shape index (κ2) is 8.10. The van der Waals surface area contributed by atoms with Crippen LogP contribution in [0.4, 0.5) is 0 Å². The van der Waals surface area contributed by atoms with Gasteiger partial charge in [-0.05, 0) is 47.8 Å². The zero-order valence-corrected chi connectivity index (χ0v) is 16.4. The number of nitrogens with one attached hydrogen (secondary N) is 1. The van der Waals surface area contributed by atoms with E-state index >= 15 is 0 Å². The molecule has 3 rings (SSSR count). The fourth-order valence-electron chi connectivity index (χ4n) is 3.03. The van der Waals surface area contributed by atoms with E-state index in [0.29, 0.717) is 31.5 Å². The van der Waals surface area contributed by atoms with Crippen molar-refractivity contribution >= 4 is 39.1 Å². The maximum absolute atomic E-state index is 12.8. The summed E-state index contributed by atoms with van der Waals surface area (Å²) in [5.74, 6) is -0.176. The van der Waals surface area contributed by atoms with Crippen molar-refractivity contribution in [3.05, 3.63) is 50.4 Å². The van der Waals surface area contributed by atoms with E-state index in [1.54, 1.807) is 22.3 Å². The molecule has 2 heterocycles. The number of nitrogens with zero attached hydrogens (tertiary/aromatic N) is 2. The Kier molecular flexibility index (Phi) is 5.86. The first-order valence-electron chi connectivity index (χ1n) is 8.30. The van der Waals surface area contributed by atoms with Crippen molar-refractivity contribution in [2.75, 3.05) is 13.1 Å². The highest BCUT2D eigenvalue weighted by Crippen LogP contribution is 2.24. The van der Waals surface area contributed by atoms with Crippen LogP contribution in [0.3, 0.4) is 0 Å². The summed E-state index contributed by atoms with van der Waals surface area (Å²) < 4.78 is 0.755. The highest BCUT2D eigenvalue weighted by molar-refractivity contribution is 9.10. The van der Waals surface area contributed by atoms with E-state index in [-0.39, 0.29) is 11.8 Å². The van der Waals surface area contributed by atoms with Crippen LogP contribution in [-0.2, 0) is 11.2 Å². The third-order valence-corrected chi connectivity index (χ3v) is 5.78. The highest BCUT2D eigenvalue weighted by atomic mass is 79.9. The Hall–Kier alpha value is -1.73. The van der Waals surface area contributed by atoms with Crippen molar-refractivity contribution in [3.8, 4) is 0 Å². The number of rotatable bonds is 5. The standard InChI is InChI=1S/C18H20BrN3O2S/c1-12-21-13(11-25-12)8-9-20-17(23)16-7-4-10-22(16)18(24)14-5-2-3-6-15(14)19/h2-3,5-6,11,16H,4,7-10H2,1H3,(H,20,23)/t16-/m1/s1. The average Bonchev–Trinajstić information content (AvgIpc) is 3.23. The molecule has 132 valence electrons. The van der Waals surface area contributed by atoms with Crippen LogP contribution in [0.15, 0.2) is 34.1 Å². The van der Waals surface area contributed by atoms with Crippen molar-refractivity contribution in [1.82, 2.24) is 15.2 Å². The summed E-state index contributed by atoms with van der Waals surface area (Å²) >= 11 is 5.03. The average molecular weight is 422 g/mol. The summed E-state index contributed by atoms with van der Waals surface area (Å²) in [5.41, 5.74) is 1.59. The van der Waals surface area contributed by atoms with Gasteiger partial charge in [0.2, 0.25) is 5.91 Å². The van der Waals surface area contributed by atoms with Crippen LogP contribution in [-0.4, -0.2) is 40.8 Å².